The maximum absolute atomic E-state index is 12.1. The predicted molar refractivity (Wildman–Crippen MR) is 64.9 cm³/mol. The zero-order valence-electron chi connectivity index (χ0n) is 10.4. The summed E-state index contributed by atoms with van der Waals surface area (Å²) in [5, 5.41) is 1.36. The van der Waals surface area contributed by atoms with Crippen molar-refractivity contribution < 1.29 is 9.63 Å². The summed E-state index contributed by atoms with van der Waals surface area (Å²) in [5.41, 5.74) is 0. The van der Waals surface area contributed by atoms with E-state index in [0.29, 0.717) is 0 Å². The molecule has 0 bridgehead atoms. The highest BCUT2D eigenvalue weighted by atomic mass is 16.7. The molecule has 1 amide bonds. The molecule has 0 spiro atoms. The quantitative estimate of drug-likeness (QED) is 0.682. The summed E-state index contributed by atoms with van der Waals surface area (Å²) < 4.78 is 0. The van der Waals surface area contributed by atoms with Gasteiger partial charge in [0.2, 0.25) is 0 Å². The molecule has 4 nitrogen and oxygen atoms in total. The van der Waals surface area contributed by atoms with Gasteiger partial charge >= 0.3 is 0 Å². The molecule has 2 fully saturated rings. The molecule has 2 heterocycles. The molecule has 0 radical (unpaired) electrons. The Kier molecular flexibility index (Phi) is 4.03. The van der Waals surface area contributed by atoms with Crippen molar-refractivity contribution in [3.63, 3.8) is 0 Å². The molecule has 4 heteroatoms. The van der Waals surface area contributed by atoms with Crippen LogP contribution in [0, 0.1) is 18.3 Å². The van der Waals surface area contributed by atoms with Gasteiger partial charge in [-0.2, -0.15) is 0 Å². The van der Waals surface area contributed by atoms with Gasteiger partial charge in [0, 0.05) is 6.54 Å². The van der Waals surface area contributed by atoms with Crippen LogP contribution in [0.2, 0.25) is 0 Å². The Morgan fingerprint density at radius 2 is 2.12 bits per heavy atom. The maximum Gasteiger partial charge on any atom is 0.251 e. The number of piperidine rings is 1. The second-order valence-electron chi connectivity index (χ2n) is 4.82. The Morgan fingerprint density at radius 3 is 2.65 bits per heavy atom. The van der Waals surface area contributed by atoms with E-state index in [4.69, 9.17) is 11.3 Å². The van der Waals surface area contributed by atoms with E-state index in [9.17, 15) is 4.79 Å². The molecule has 0 aliphatic carbocycles. The normalized spacial score (nSPS) is 30.6. The number of amides is 1. The summed E-state index contributed by atoms with van der Waals surface area (Å²) in [7, 11) is 1.51. The predicted octanol–water partition coefficient (Wildman–Crippen LogP) is 0.884. The van der Waals surface area contributed by atoms with Gasteiger partial charge in [0.25, 0.3) is 5.91 Å². The van der Waals surface area contributed by atoms with E-state index in [1.165, 1.54) is 31.4 Å². The molecule has 2 aliphatic rings. The molecule has 2 atom stereocenters. The minimum absolute atomic E-state index is 0.00843. The molecule has 0 saturated carbocycles. The van der Waals surface area contributed by atoms with Crippen molar-refractivity contribution in [3.05, 3.63) is 0 Å². The van der Waals surface area contributed by atoms with E-state index in [2.05, 4.69) is 10.8 Å². The summed E-state index contributed by atoms with van der Waals surface area (Å²) >= 11 is 0. The number of terminal acetylenes is 1. The topological polar surface area (TPSA) is 32.8 Å². The van der Waals surface area contributed by atoms with Crippen molar-refractivity contribution in [2.24, 2.45) is 5.92 Å². The van der Waals surface area contributed by atoms with E-state index >= 15 is 0 Å². The molecule has 0 aromatic rings. The molecule has 0 aromatic heterocycles. The van der Waals surface area contributed by atoms with Crippen LogP contribution in [0.5, 0.6) is 0 Å². The van der Waals surface area contributed by atoms with E-state index in [1.807, 2.05) is 0 Å². The molecule has 2 aliphatic heterocycles. The number of likely N-dealkylation sites (tertiary alicyclic amines) is 1. The third kappa shape index (κ3) is 2.62. The third-order valence-electron chi connectivity index (χ3n) is 3.67. The van der Waals surface area contributed by atoms with Gasteiger partial charge in [0.05, 0.1) is 13.0 Å². The summed E-state index contributed by atoms with van der Waals surface area (Å²) in [6, 6.07) is -0.192. The molecule has 2 unspecified atom stereocenters. The van der Waals surface area contributed by atoms with Gasteiger partial charge in [0.1, 0.15) is 6.04 Å². The Morgan fingerprint density at radius 1 is 1.41 bits per heavy atom. The number of carbonyl (C=O) groups excluding carboxylic acids is 1. The number of hydroxylamine groups is 2. The van der Waals surface area contributed by atoms with E-state index in [-0.39, 0.29) is 17.9 Å². The number of carbonyl (C=O) groups is 1. The lowest BCUT2D eigenvalue weighted by atomic mass is 10.0. The molecular weight excluding hydrogens is 216 g/mol. The highest BCUT2D eigenvalue weighted by Gasteiger charge is 2.40. The van der Waals surface area contributed by atoms with Crippen molar-refractivity contribution >= 4 is 5.91 Å². The molecule has 0 aromatic carbocycles. The van der Waals surface area contributed by atoms with Gasteiger partial charge in [0.15, 0.2) is 0 Å². The Hall–Kier alpha value is -1.05. The average Bonchev–Trinajstić information content (AvgIpc) is 2.67. The van der Waals surface area contributed by atoms with Crippen LogP contribution in [0.4, 0.5) is 0 Å². The third-order valence-corrected chi connectivity index (χ3v) is 3.67. The Balaban J connectivity index is 1.93. The van der Waals surface area contributed by atoms with Gasteiger partial charge in [-0.05, 0) is 32.4 Å². The highest BCUT2D eigenvalue weighted by molar-refractivity contribution is 5.81. The van der Waals surface area contributed by atoms with Crippen LogP contribution < -0.4 is 0 Å². The van der Waals surface area contributed by atoms with Crippen LogP contribution in [0.1, 0.15) is 25.7 Å². The number of hydrogen-bond acceptors (Lipinski definition) is 3. The van der Waals surface area contributed by atoms with Crippen LogP contribution in [-0.4, -0.2) is 48.7 Å². The summed E-state index contributed by atoms with van der Waals surface area (Å²) in [5.74, 6) is 2.68. The van der Waals surface area contributed by atoms with Crippen LogP contribution >= 0.6 is 0 Å². The minimum atomic E-state index is -0.192. The van der Waals surface area contributed by atoms with E-state index < -0.39 is 0 Å². The Labute approximate surface area is 103 Å². The largest absolute Gasteiger partial charge is 0.303 e. The van der Waals surface area contributed by atoms with Gasteiger partial charge in [-0.1, -0.05) is 12.3 Å². The molecule has 17 heavy (non-hydrogen) atoms. The van der Waals surface area contributed by atoms with Gasteiger partial charge in [-0.25, -0.2) is 5.06 Å². The molecular formula is C13H20N2O2. The second kappa shape index (κ2) is 5.52. The molecule has 2 saturated heterocycles. The van der Waals surface area contributed by atoms with Crippen molar-refractivity contribution in [2.45, 2.75) is 31.7 Å². The van der Waals surface area contributed by atoms with Crippen molar-refractivity contribution in [1.82, 2.24) is 9.96 Å². The standard InChI is InChI=1S/C13H20N2O2/c1-3-12-9-11(13(16)15(12)17-2)10-14-7-5-4-6-8-14/h1,11-12H,4-10H2,2H3. The lowest BCUT2D eigenvalue weighted by molar-refractivity contribution is -0.174. The van der Waals surface area contributed by atoms with Gasteiger partial charge < -0.3 is 4.90 Å². The van der Waals surface area contributed by atoms with Crippen molar-refractivity contribution in [3.8, 4) is 12.3 Å². The highest BCUT2D eigenvalue weighted by Crippen LogP contribution is 2.26. The van der Waals surface area contributed by atoms with Crippen LogP contribution in [0.15, 0.2) is 0 Å². The number of hydrogen-bond donors (Lipinski definition) is 0. The second-order valence-corrected chi connectivity index (χ2v) is 4.82. The average molecular weight is 236 g/mol. The van der Waals surface area contributed by atoms with Crippen molar-refractivity contribution in [1.29, 1.82) is 0 Å². The lowest BCUT2D eigenvalue weighted by Crippen LogP contribution is -2.37. The first-order valence-corrected chi connectivity index (χ1v) is 6.32. The maximum atomic E-state index is 12.1. The fourth-order valence-corrected chi connectivity index (χ4v) is 2.76. The zero-order valence-corrected chi connectivity index (χ0v) is 10.4. The van der Waals surface area contributed by atoms with E-state index in [1.54, 1.807) is 0 Å². The first-order valence-electron chi connectivity index (χ1n) is 6.32. The monoisotopic (exact) mass is 236 g/mol. The van der Waals surface area contributed by atoms with Crippen molar-refractivity contribution in [2.75, 3.05) is 26.7 Å². The molecule has 94 valence electrons. The van der Waals surface area contributed by atoms with Crippen LogP contribution in [0.3, 0.4) is 0 Å². The summed E-state index contributed by atoms with van der Waals surface area (Å²) in [6.07, 6.45) is 9.94. The fraction of sp³-hybridized carbons (Fsp3) is 0.769. The zero-order chi connectivity index (χ0) is 12.3. The number of rotatable bonds is 3. The first kappa shape index (κ1) is 12.4. The van der Waals surface area contributed by atoms with Gasteiger partial charge in [-0.15, -0.1) is 6.42 Å². The lowest BCUT2D eigenvalue weighted by Gasteiger charge is -2.28. The van der Waals surface area contributed by atoms with Crippen LogP contribution in [-0.2, 0) is 9.63 Å². The minimum Gasteiger partial charge on any atom is -0.303 e. The molecule has 0 N–H and O–H groups in total. The smallest absolute Gasteiger partial charge is 0.251 e. The van der Waals surface area contributed by atoms with E-state index in [0.717, 1.165) is 26.1 Å². The first-order chi connectivity index (χ1) is 8.26. The molecule has 2 rings (SSSR count). The summed E-state index contributed by atoms with van der Waals surface area (Å²) in [4.78, 5) is 19.5. The number of nitrogens with zero attached hydrogens (tertiary/aromatic N) is 2. The SMILES string of the molecule is C#CC1CC(CN2CCCCC2)C(=O)N1OC. The van der Waals surface area contributed by atoms with Crippen LogP contribution in [0.25, 0.3) is 0 Å². The van der Waals surface area contributed by atoms with Gasteiger partial charge in [-0.3, -0.25) is 9.63 Å². The fourth-order valence-electron chi connectivity index (χ4n) is 2.76. The Bertz CT molecular complexity index is 318. The summed E-state index contributed by atoms with van der Waals surface area (Å²) in [6.45, 7) is 3.05.